The monoisotopic (exact) mass is 465 g/mol. The van der Waals surface area contributed by atoms with Crippen molar-refractivity contribution in [2.45, 2.75) is 39.1 Å². The number of ether oxygens (including phenoxy) is 1. The molecule has 30 heavy (non-hydrogen) atoms. The Bertz CT molecular complexity index is 1020. The summed E-state index contributed by atoms with van der Waals surface area (Å²) in [6.45, 7) is 6.80. The van der Waals surface area contributed by atoms with E-state index < -0.39 is 0 Å². The predicted octanol–water partition coefficient (Wildman–Crippen LogP) is 4.93. The summed E-state index contributed by atoms with van der Waals surface area (Å²) in [6.07, 6.45) is 1.48. The van der Waals surface area contributed by atoms with Crippen LogP contribution in [0.1, 0.15) is 23.9 Å². The number of aromatic nitrogens is 4. The molecule has 1 N–H and O–H groups in total. The molecular weight excluding hydrogens is 445 g/mol. The molecule has 0 unspecified atom stereocenters. The van der Waals surface area contributed by atoms with Gasteiger partial charge in [0.1, 0.15) is 18.2 Å². The summed E-state index contributed by atoms with van der Waals surface area (Å²) in [4.78, 5) is 16.2. The first-order valence-electron chi connectivity index (χ1n) is 9.23. The van der Waals surface area contributed by atoms with Gasteiger partial charge in [0.15, 0.2) is 11.0 Å². The van der Waals surface area contributed by atoms with Crippen molar-refractivity contribution in [1.82, 2.24) is 19.7 Å². The van der Waals surface area contributed by atoms with Crippen LogP contribution in [0.2, 0.25) is 10.0 Å². The summed E-state index contributed by atoms with van der Waals surface area (Å²) >= 11 is 13.3. The van der Waals surface area contributed by atoms with Gasteiger partial charge in [-0.05, 0) is 56.2 Å². The zero-order chi connectivity index (χ0) is 21.7. The normalized spacial score (nSPS) is 10.8. The first-order chi connectivity index (χ1) is 14.4. The Kier molecular flexibility index (Phi) is 7.58. The van der Waals surface area contributed by atoms with E-state index in [-0.39, 0.29) is 18.3 Å². The Hall–Kier alpha value is -2.29. The van der Waals surface area contributed by atoms with Gasteiger partial charge in [-0.1, -0.05) is 35.0 Å². The Labute approximate surface area is 189 Å². The highest BCUT2D eigenvalue weighted by Crippen LogP contribution is 2.26. The number of hydrogen-bond acceptors (Lipinski definition) is 6. The third-order valence-electron chi connectivity index (χ3n) is 4.21. The van der Waals surface area contributed by atoms with Crippen molar-refractivity contribution < 1.29 is 9.53 Å². The number of aryl methyl sites for hydroxylation is 2. The maximum absolute atomic E-state index is 12.2. The summed E-state index contributed by atoms with van der Waals surface area (Å²) < 4.78 is 7.81. The Morgan fingerprint density at radius 3 is 2.57 bits per heavy atom. The first-order valence-corrected chi connectivity index (χ1v) is 11.0. The number of hydrogen-bond donors (Lipinski definition) is 1. The maximum atomic E-state index is 12.2. The highest BCUT2D eigenvalue weighted by Gasteiger charge is 2.14. The number of carbonyl (C=O) groups excluding carboxylic acids is 1. The van der Waals surface area contributed by atoms with E-state index in [4.69, 9.17) is 27.9 Å². The van der Waals surface area contributed by atoms with Gasteiger partial charge < -0.3 is 14.6 Å². The van der Waals surface area contributed by atoms with Gasteiger partial charge in [-0.15, -0.1) is 10.2 Å². The smallest absolute Gasteiger partial charge is 0.236 e. The Morgan fingerprint density at radius 2 is 1.93 bits per heavy atom. The van der Waals surface area contributed by atoms with E-state index in [2.05, 4.69) is 20.5 Å². The van der Waals surface area contributed by atoms with Gasteiger partial charge >= 0.3 is 0 Å². The molecule has 158 valence electrons. The number of halogens is 2. The molecule has 1 amide bonds. The van der Waals surface area contributed by atoms with Crippen molar-refractivity contribution in [3.8, 4) is 5.75 Å². The molecule has 0 aliphatic carbocycles. The third kappa shape index (κ3) is 5.65. The average molecular weight is 466 g/mol. The topological polar surface area (TPSA) is 81.9 Å². The summed E-state index contributed by atoms with van der Waals surface area (Å²) in [6, 6.07) is 7.11. The van der Waals surface area contributed by atoms with Gasteiger partial charge in [-0.2, -0.15) is 0 Å². The van der Waals surface area contributed by atoms with Crippen molar-refractivity contribution in [1.29, 1.82) is 0 Å². The zero-order valence-electron chi connectivity index (χ0n) is 16.8. The van der Waals surface area contributed by atoms with Crippen molar-refractivity contribution in [2.75, 3.05) is 11.1 Å². The molecule has 0 aliphatic rings. The second kappa shape index (κ2) is 10.1. The fourth-order valence-electron chi connectivity index (χ4n) is 2.75. The zero-order valence-corrected chi connectivity index (χ0v) is 19.1. The van der Waals surface area contributed by atoms with E-state index >= 15 is 0 Å². The van der Waals surface area contributed by atoms with Crippen LogP contribution in [0.15, 0.2) is 35.6 Å². The molecule has 10 heteroatoms. The second-order valence-electron chi connectivity index (χ2n) is 6.50. The summed E-state index contributed by atoms with van der Waals surface area (Å²) in [7, 11) is 0. The van der Waals surface area contributed by atoms with Gasteiger partial charge in [0.2, 0.25) is 5.91 Å². The summed E-state index contributed by atoms with van der Waals surface area (Å²) in [5.41, 5.74) is 1.92. The molecule has 0 atom stereocenters. The molecule has 0 spiro atoms. The van der Waals surface area contributed by atoms with Crippen LogP contribution in [-0.4, -0.2) is 31.4 Å². The largest absolute Gasteiger partial charge is 0.486 e. The van der Waals surface area contributed by atoms with E-state index in [1.54, 1.807) is 12.1 Å². The number of amides is 1. The Morgan fingerprint density at radius 1 is 1.20 bits per heavy atom. The molecule has 2 heterocycles. The van der Waals surface area contributed by atoms with Crippen LogP contribution in [0.4, 0.5) is 5.82 Å². The molecule has 0 bridgehead atoms. The van der Waals surface area contributed by atoms with Crippen LogP contribution in [0.3, 0.4) is 0 Å². The molecule has 0 saturated carbocycles. The van der Waals surface area contributed by atoms with Gasteiger partial charge in [0.05, 0.1) is 10.8 Å². The van der Waals surface area contributed by atoms with Gasteiger partial charge in [-0.3, -0.25) is 4.79 Å². The van der Waals surface area contributed by atoms with Crippen molar-refractivity contribution in [3.05, 3.63) is 57.5 Å². The fourth-order valence-corrected chi connectivity index (χ4v) is 3.79. The fraction of sp³-hybridized carbons (Fsp3) is 0.300. The van der Waals surface area contributed by atoms with E-state index in [0.29, 0.717) is 28.4 Å². The average Bonchev–Trinajstić information content (AvgIpc) is 3.12. The minimum Gasteiger partial charge on any atom is -0.486 e. The van der Waals surface area contributed by atoms with Crippen molar-refractivity contribution in [2.24, 2.45) is 0 Å². The number of anilines is 1. The molecule has 2 aromatic heterocycles. The van der Waals surface area contributed by atoms with E-state index in [9.17, 15) is 4.79 Å². The molecule has 0 saturated heterocycles. The predicted molar refractivity (Wildman–Crippen MR) is 120 cm³/mol. The third-order valence-corrected chi connectivity index (χ3v) is 6.00. The lowest BCUT2D eigenvalue weighted by atomic mass is 10.1. The molecule has 0 aliphatic heterocycles. The maximum Gasteiger partial charge on any atom is 0.236 e. The van der Waals surface area contributed by atoms with Crippen LogP contribution in [0.5, 0.6) is 5.75 Å². The second-order valence-corrected chi connectivity index (χ2v) is 8.26. The standard InChI is InChI=1S/C20H21Cl2N5O2S/c1-4-27-17(10-29-15-7-12(2)19(22)13(3)8-15)25-26-20(27)30-11-18(28)24-16-6-5-14(21)9-23-16/h5-9H,4,10-11H2,1-3H3,(H,23,24,28). The first kappa shape index (κ1) is 22.4. The van der Waals surface area contributed by atoms with E-state index in [1.807, 2.05) is 37.5 Å². The SMILES string of the molecule is CCn1c(COc2cc(C)c(Cl)c(C)c2)nnc1SCC(=O)Nc1ccc(Cl)cn1. The molecule has 3 rings (SSSR count). The minimum absolute atomic E-state index is 0.179. The molecule has 1 aromatic carbocycles. The number of carbonyl (C=O) groups is 1. The lowest BCUT2D eigenvalue weighted by Crippen LogP contribution is -2.15. The van der Waals surface area contributed by atoms with Gasteiger partial charge in [-0.25, -0.2) is 4.98 Å². The van der Waals surface area contributed by atoms with Gasteiger partial charge in [0.25, 0.3) is 0 Å². The highest BCUT2D eigenvalue weighted by molar-refractivity contribution is 7.99. The quantitative estimate of drug-likeness (QED) is 0.475. The number of thioether (sulfide) groups is 1. The number of rotatable bonds is 8. The molecule has 0 radical (unpaired) electrons. The summed E-state index contributed by atoms with van der Waals surface area (Å²) in [5.74, 6) is 1.85. The Balaban J connectivity index is 1.59. The minimum atomic E-state index is -0.189. The van der Waals surface area contributed by atoms with Gasteiger partial charge in [0, 0.05) is 17.8 Å². The number of nitrogens with one attached hydrogen (secondary N) is 1. The molecule has 7 nitrogen and oxygen atoms in total. The van der Waals surface area contributed by atoms with E-state index in [1.165, 1.54) is 18.0 Å². The summed E-state index contributed by atoms with van der Waals surface area (Å²) in [5, 5.41) is 13.0. The van der Waals surface area contributed by atoms with Crippen LogP contribution in [0.25, 0.3) is 0 Å². The van der Waals surface area contributed by atoms with E-state index in [0.717, 1.165) is 21.9 Å². The van der Waals surface area contributed by atoms with Crippen molar-refractivity contribution >= 4 is 46.7 Å². The molecular formula is C20H21Cl2N5O2S. The van der Waals surface area contributed by atoms with Crippen LogP contribution in [-0.2, 0) is 17.9 Å². The lowest BCUT2D eigenvalue weighted by molar-refractivity contribution is -0.113. The molecule has 3 aromatic rings. The van der Waals surface area contributed by atoms with Crippen LogP contribution >= 0.6 is 35.0 Å². The van der Waals surface area contributed by atoms with Crippen LogP contribution in [0, 0.1) is 13.8 Å². The number of nitrogens with zero attached hydrogens (tertiary/aromatic N) is 4. The molecule has 0 fully saturated rings. The van der Waals surface area contributed by atoms with Crippen molar-refractivity contribution in [3.63, 3.8) is 0 Å². The number of benzene rings is 1. The number of pyridine rings is 1. The van der Waals surface area contributed by atoms with Crippen LogP contribution < -0.4 is 10.1 Å². The lowest BCUT2D eigenvalue weighted by Gasteiger charge is -2.11. The highest BCUT2D eigenvalue weighted by atomic mass is 35.5.